The summed E-state index contributed by atoms with van der Waals surface area (Å²) in [7, 11) is 0. The molecule has 1 aromatic carbocycles. The molecule has 0 radical (unpaired) electrons. The van der Waals surface area contributed by atoms with Crippen molar-refractivity contribution in [1.29, 1.82) is 0 Å². The normalized spacial score (nSPS) is 10.6. The van der Waals surface area contributed by atoms with Crippen LogP contribution in [-0.2, 0) is 6.54 Å². The summed E-state index contributed by atoms with van der Waals surface area (Å²) in [6.07, 6.45) is 4.20. The number of aliphatic hydroxyl groups is 1. The van der Waals surface area contributed by atoms with Crippen LogP contribution in [0.25, 0.3) is 11.3 Å². The van der Waals surface area contributed by atoms with Crippen LogP contribution in [0.5, 0.6) is 0 Å². The van der Waals surface area contributed by atoms with Gasteiger partial charge >= 0.3 is 0 Å². The lowest BCUT2D eigenvalue weighted by atomic mass is 10.1. The Bertz CT molecular complexity index is 544. The highest BCUT2D eigenvalue weighted by molar-refractivity contribution is 5.85. The predicted molar refractivity (Wildman–Crippen MR) is 74.1 cm³/mol. The molecule has 0 fully saturated rings. The maximum absolute atomic E-state index is 11.1. The number of aliphatic hydroxyl groups excluding tert-OH is 1. The lowest BCUT2D eigenvalue weighted by Gasteiger charge is -2.00. The maximum atomic E-state index is 11.1. The van der Waals surface area contributed by atoms with Crippen LogP contribution < -0.4 is 0 Å². The summed E-state index contributed by atoms with van der Waals surface area (Å²) >= 11 is 0. The molecule has 0 aliphatic rings. The molecule has 0 aliphatic carbocycles. The molecule has 0 amide bonds. The van der Waals surface area contributed by atoms with Crippen LogP contribution in [0.1, 0.15) is 28.8 Å². The quantitative estimate of drug-likeness (QED) is 0.639. The average molecular weight is 258 g/mol. The van der Waals surface area contributed by atoms with Crippen molar-refractivity contribution in [3.63, 3.8) is 0 Å². The van der Waals surface area contributed by atoms with Gasteiger partial charge in [-0.2, -0.15) is 5.10 Å². The molecule has 1 aromatic heterocycles. The van der Waals surface area contributed by atoms with Gasteiger partial charge in [-0.25, -0.2) is 0 Å². The smallest absolute Gasteiger partial charge is 0.153 e. The Morgan fingerprint density at radius 2 is 2.00 bits per heavy atom. The summed E-state index contributed by atoms with van der Waals surface area (Å²) in [6, 6.07) is 7.97. The van der Waals surface area contributed by atoms with Crippen molar-refractivity contribution in [3.8, 4) is 11.3 Å². The molecular weight excluding hydrogens is 240 g/mol. The summed E-state index contributed by atoms with van der Waals surface area (Å²) in [5, 5.41) is 13.2. The van der Waals surface area contributed by atoms with Crippen LogP contribution in [0.2, 0.25) is 0 Å². The van der Waals surface area contributed by atoms with E-state index in [9.17, 15) is 4.79 Å². The Balaban J connectivity index is 2.24. The van der Waals surface area contributed by atoms with Crippen molar-refractivity contribution in [2.24, 2.45) is 0 Å². The van der Waals surface area contributed by atoms with E-state index in [2.05, 4.69) is 5.10 Å². The van der Waals surface area contributed by atoms with Crippen LogP contribution in [-0.4, -0.2) is 27.8 Å². The highest BCUT2D eigenvalue weighted by Crippen LogP contribution is 2.21. The molecule has 4 nitrogen and oxygen atoms in total. The summed E-state index contributed by atoms with van der Waals surface area (Å²) in [5.41, 5.74) is 3.46. The third-order valence-corrected chi connectivity index (χ3v) is 3.04. The molecule has 0 saturated carbocycles. The zero-order valence-corrected chi connectivity index (χ0v) is 11.0. The number of rotatable bonds is 6. The number of hydrogen-bond acceptors (Lipinski definition) is 3. The van der Waals surface area contributed by atoms with Gasteiger partial charge in [-0.05, 0) is 19.8 Å². The lowest BCUT2D eigenvalue weighted by molar-refractivity contribution is 0.112. The summed E-state index contributed by atoms with van der Waals surface area (Å²) in [6.45, 7) is 2.93. The van der Waals surface area contributed by atoms with E-state index in [-0.39, 0.29) is 6.61 Å². The zero-order valence-electron chi connectivity index (χ0n) is 11.0. The first kappa shape index (κ1) is 13.5. The molecule has 0 bridgehead atoms. The summed E-state index contributed by atoms with van der Waals surface area (Å²) in [4.78, 5) is 11.1. The van der Waals surface area contributed by atoms with Gasteiger partial charge in [0.05, 0.1) is 5.56 Å². The minimum atomic E-state index is 0.187. The van der Waals surface area contributed by atoms with Gasteiger partial charge in [-0.1, -0.05) is 29.8 Å². The zero-order chi connectivity index (χ0) is 13.7. The molecular formula is C15H18N2O2. The number of carbonyl (C=O) groups is 1. The molecule has 1 N–H and O–H groups in total. The fourth-order valence-corrected chi connectivity index (χ4v) is 1.96. The van der Waals surface area contributed by atoms with Crippen LogP contribution >= 0.6 is 0 Å². The highest BCUT2D eigenvalue weighted by atomic mass is 16.2. The number of hydrogen-bond donors (Lipinski definition) is 1. The molecule has 4 heteroatoms. The monoisotopic (exact) mass is 258 g/mol. The fraction of sp³-hybridized carbons (Fsp3) is 0.333. The van der Waals surface area contributed by atoms with Gasteiger partial charge in [0.15, 0.2) is 6.29 Å². The Morgan fingerprint density at radius 3 is 2.63 bits per heavy atom. The topological polar surface area (TPSA) is 55.1 Å². The molecule has 0 aliphatic heterocycles. The molecule has 0 saturated heterocycles. The first-order chi connectivity index (χ1) is 9.24. The molecule has 2 rings (SSSR count). The van der Waals surface area contributed by atoms with Crippen molar-refractivity contribution in [2.45, 2.75) is 26.3 Å². The van der Waals surface area contributed by atoms with Gasteiger partial charge in [-0.15, -0.1) is 0 Å². The number of nitrogens with zero attached hydrogens (tertiary/aromatic N) is 2. The van der Waals surface area contributed by atoms with E-state index in [1.807, 2.05) is 31.2 Å². The minimum Gasteiger partial charge on any atom is -0.396 e. The van der Waals surface area contributed by atoms with E-state index in [4.69, 9.17) is 5.11 Å². The predicted octanol–water partition coefficient (Wildman–Crippen LogP) is 2.44. The van der Waals surface area contributed by atoms with Gasteiger partial charge in [0, 0.05) is 24.9 Å². The van der Waals surface area contributed by atoms with E-state index in [1.54, 1.807) is 10.9 Å². The van der Waals surface area contributed by atoms with Gasteiger partial charge in [-0.3, -0.25) is 9.48 Å². The van der Waals surface area contributed by atoms with Gasteiger partial charge < -0.3 is 5.11 Å². The van der Waals surface area contributed by atoms with Gasteiger partial charge in [0.25, 0.3) is 0 Å². The first-order valence-electron chi connectivity index (χ1n) is 6.45. The number of carbonyl (C=O) groups excluding carboxylic acids is 1. The number of unbranched alkanes of at least 4 members (excludes halogenated alkanes) is 1. The second-order valence-electron chi connectivity index (χ2n) is 4.61. The van der Waals surface area contributed by atoms with Crippen LogP contribution in [0, 0.1) is 6.92 Å². The molecule has 0 unspecified atom stereocenters. The largest absolute Gasteiger partial charge is 0.396 e. The molecule has 100 valence electrons. The second kappa shape index (κ2) is 6.29. The lowest BCUT2D eigenvalue weighted by Crippen LogP contribution is -1.99. The van der Waals surface area contributed by atoms with Crippen molar-refractivity contribution < 1.29 is 9.90 Å². The Labute approximate surface area is 112 Å². The van der Waals surface area contributed by atoms with Gasteiger partial charge in [0.2, 0.25) is 0 Å². The second-order valence-corrected chi connectivity index (χ2v) is 4.61. The average Bonchev–Trinajstić information content (AvgIpc) is 2.83. The molecule has 1 heterocycles. The number of aryl methyl sites for hydroxylation is 2. The molecule has 0 spiro atoms. The molecule has 19 heavy (non-hydrogen) atoms. The number of benzene rings is 1. The Kier molecular flexibility index (Phi) is 4.47. The maximum Gasteiger partial charge on any atom is 0.153 e. The van der Waals surface area contributed by atoms with Crippen molar-refractivity contribution >= 4 is 6.29 Å². The van der Waals surface area contributed by atoms with E-state index in [0.29, 0.717) is 12.1 Å². The van der Waals surface area contributed by atoms with Crippen molar-refractivity contribution in [1.82, 2.24) is 9.78 Å². The van der Waals surface area contributed by atoms with Crippen LogP contribution in [0.3, 0.4) is 0 Å². The highest BCUT2D eigenvalue weighted by Gasteiger charge is 2.10. The van der Waals surface area contributed by atoms with E-state index in [0.717, 1.165) is 30.4 Å². The Morgan fingerprint density at radius 1 is 1.26 bits per heavy atom. The molecule has 0 atom stereocenters. The number of aromatic nitrogens is 2. The third-order valence-electron chi connectivity index (χ3n) is 3.04. The van der Waals surface area contributed by atoms with Crippen LogP contribution in [0.4, 0.5) is 0 Å². The summed E-state index contributed by atoms with van der Waals surface area (Å²) in [5.74, 6) is 0. The minimum absolute atomic E-state index is 0.187. The first-order valence-corrected chi connectivity index (χ1v) is 6.45. The van der Waals surface area contributed by atoms with E-state index >= 15 is 0 Å². The molecule has 2 aromatic rings. The van der Waals surface area contributed by atoms with Crippen molar-refractivity contribution in [3.05, 3.63) is 41.6 Å². The van der Waals surface area contributed by atoms with E-state index < -0.39 is 0 Å². The Hall–Kier alpha value is -1.94. The summed E-state index contributed by atoms with van der Waals surface area (Å²) < 4.78 is 1.77. The fourth-order valence-electron chi connectivity index (χ4n) is 1.96. The third kappa shape index (κ3) is 3.29. The van der Waals surface area contributed by atoms with E-state index in [1.165, 1.54) is 5.56 Å². The van der Waals surface area contributed by atoms with Crippen LogP contribution in [0.15, 0.2) is 30.5 Å². The van der Waals surface area contributed by atoms with Crippen molar-refractivity contribution in [2.75, 3.05) is 6.61 Å². The standard InChI is InChI=1S/C15H18N2O2/c1-12-4-6-13(7-5-12)15-14(11-19)10-17(16-15)8-2-3-9-18/h4-7,10-11,18H,2-3,8-9H2,1H3. The number of aldehydes is 1. The SMILES string of the molecule is Cc1ccc(-c2nn(CCCCO)cc2C=O)cc1. The van der Waals surface area contributed by atoms with Gasteiger partial charge in [0.1, 0.15) is 5.69 Å².